The standard InChI is InChI=1S/C16H27N3O.HI/c1-7-17-16(19(5)6)18-11-14-9-8-13(4)10-15(14)20-12(2)3;/h8-10,12H,7,11H2,1-6H3,(H,17,18);1H. The third-order valence-electron chi connectivity index (χ3n) is 2.74. The highest BCUT2D eigenvalue weighted by Gasteiger charge is 2.07. The zero-order valence-corrected chi connectivity index (χ0v) is 16.3. The van der Waals surface area contributed by atoms with Gasteiger partial charge >= 0.3 is 0 Å². The van der Waals surface area contributed by atoms with Crippen LogP contribution < -0.4 is 10.1 Å². The fourth-order valence-corrected chi connectivity index (χ4v) is 1.83. The molecule has 1 N–H and O–H groups in total. The molecule has 0 saturated carbocycles. The van der Waals surface area contributed by atoms with Gasteiger partial charge in [0.25, 0.3) is 0 Å². The molecular formula is C16H28IN3O. The Labute approximate surface area is 146 Å². The van der Waals surface area contributed by atoms with E-state index in [9.17, 15) is 0 Å². The lowest BCUT2D eigenvalue weighted by molar-refractivity contribution is 0.240. The van der Waals surface area contributed by atoms with Gasteiger partial charge in [0.15, 0.2) is 5.96 Å². The smallest absolute Gasteiger partial charge is 0.193 e. The minimum atomic E-state index is 0. The maximum Gasteiger partial charge on any atom is 0.193 e. The number of rotatable bonds is 5. The third kappa shape index (κ3) is 7.02. The summed E-state index contributed by atoms with van der Waals surface area (Å²) in [6.07, 6.45) is 0.168. The number of hydrogen-bond acceptors (Lipinski definition) is 2. The molecular weight excluding hydrogens is 377 g/mol. The van der Waals surface area contributed by atoms with E-state index in [2.05, 4.69) is 42.4 Å². The molecule has 0 heterocycles. The van der Waals surface area contributed by atoms with Crippen molar-refractivity contribution < 1.29 is 4.74 Å². The Kier molecular flexibility index (Phi) is 9.41. The van der Waals surface area contributed by atoms with Gasteiger partial charge in [0, 0.05) is 26.2 Å². The molecule has 0 aliphatic rings. The number of nitrogens with zero attached hydrogens (tertiary/aromatic N) is 2. The van der Waals surface area contributed by atoms with E-state index < -0.39 is 0 Å². The second kappa shape index (κ2) is 9.87. The van der Waals surface area contributed by atoms with Crippen molar-refractivity contribution in [2.75, 3.05) is 20.6 Å². The molecule has 0 spiro atoms. The number of nitrogens with one attached hydrogen (secondary N) is 1. The van der Waals surface area contributed by atoms with Crippen LogP contribution >= 0.6 is 24.0 Å². The lowest BCUT2D eigenvalue weighted by Crippen LogP contribution is -2.36. The van der Waals surface area contributed by atoms with Crippen molar-refractivity contribution in [1.82, 2.24) is 10.2 Å². The quantitative estimate of drug-likeness (QED) is 0.463. The Morgan fingerprint density at radius 3 is 2.52 bits per heavy atom. The third-order valence-corrected chi connectivity index (χ3v) is 2.74. The van der Waals surface area contributed by atoms with Gasteiger partial charge in [-0.3, -0.25) is 0 Å². The summed E-state index contributed by atoms with van der Waals surface area (Å²) >= 11 is 0. The average molecular weight is 405 g/mol. The van der Waals surface area contributed by atoms with E-state index in [0.29, 0.717) is 6.54 Å². The molecule has 4 nitrogen and oxygen atoms in total. The van der Waals surface area contributed by atoms with Crippen LogP contribution in [0.4, 0.5) is 0 Å². The second-order valence-electron chi connectivity index (χ2n) is 5.34. The molecule has 21 heavy (non-hydrogen) atoms. The van der Waals surface area contributed by atoms with E-state index in [-0.39, 0.29) is 30.1 Å². The van der Waals surface area contributed by atoms with Crippen LogP contribution in [-0.2, 0) is 6.54 Å². The van der Waals surface area contributed by atoms with Crippen molar-refractivity contribution in [2.24, 2.45) is 4.99 Å². The minimum Gasteiger partial charge on any atom is -0.491 e. The van der Waals surface area contributed by atoms with Gasteiger partial charge in [-0.05, 0) is 39.3 Å². The highest BCUT2D eigenvalue weighted by atomic mass is 127. The first-order valence-corrected chi connectivity index (χ1v) is 7.15. The molecule has 0 radical (unpaired) electrons. The van der Waals surface area contributed by atoms with Gasteiger partial charge in [-0.2, -0.15) is 0 Å². The Bertz CT molecular complexity index is 459. The summed E-state index contributed by atoms with van der Waals surface area (Å²) in [4.78, 5) is 6.62. The Morgan fingerprint density at radius 1 is 1.33 bits per heavy atom. The summed E-state index contributed by atoms with van der Waals surface area (Å²) in [5, 5.41) is 3.26. The van der Waals surface area contributed by atoms with Crippen molar-refractivity contribution >= 4 is 29.9 Å². The van der Waals surface area contributed by atoms with Gasteiger partial charge in [0.05, 0.1) is 12.6 Å². The number of aliphatic imine (C=N–C) groups is 1. The predicted molar refractivity (Wildman–Crippen MR) is 101 cm³/mol. The number of halogens is 1. The second-order valence-corrected chi connectivity index (χ2v) is 5.34. The van der Waals surface area contributed by atoms with E-state index in [1.807, 2.05) is 32.8 Å². The van der Waals surface area contributed by atoms with E-state index in [4.69, 9.17) is 4.74 Å². The Hall–Kier alpha value is -0.980. The highest BCUT2D eigenvalue weighted by molar-refractivity contribution is 14.0. The summed E-state index contributed by atoms with van der Waals surface area (Å²) in [5.74, 6) is 1.82. The maximum atomic E-state index is 5.88. The lowest BCUT2D eigenvalue weighted by Gasteiger charge is -2.18. The van der Waals surface area contributed by atoms with Crippen LogP contribution in [0.15, 0.2) is 23.2 Å². The molecule has 0 saturated heterocycles. The maximum absolute atomic E-state index is 5.88. The number of guanidine groups is 1. The molecule has 0 aliphatic heterocycles. The summed E-state index contributed by atoms with van der Waals surface area (Å²) < 4.78 is 5.88. The summed E-state index contributed by atoms with van der Waals surface area (Å²) in [6.45, 7) is 9.70. The lowest BCUT2D eigenvalue weighted by atomic mass is 10.1. The van der Waals surface area contributed by atoms with Gasteiger partial charge in [0.1, 0.15) is 5.75 Å². The number of benzene rings is 1. The van der Waals surface area contributed by atoms with Gasteiger partial charge in [-0.25, -0.2) is 4.99 Å². The summed E-state index contributed by atoms with van der Waals surface area (Å²) in [6, 6.07) is 6.27. The highest BCUT2D eigenvalue weighted by Crippen LogP contribution is 2.22. The molecule has 0 aliphatic carbocycles. The average Bonchev–Trinajstić information content (AvgIpc) is 2.35. The van der Waals surface area contributed by atoms with Crippen molar-refractivity contribution in [3.63, 3.8) is 0 Å². The van der Waals surface area contributed by atoms with Crippen LogP contribution in [0.1, 0.15) is 31.9 Å². The topological polar surface area (TPSA) is 36.9 Å². The fourth-order valence-electron chi connectivity index (χ4n) is 1.83. The van der Waals surface area contributed by atoms with Gasteiger partial charge in [-0.15, -0.1) is 24.0 Å². The molecule has 0 fully saturated rings. The van der Waals surface area contributed by atoms with Crippen molar-refractivity contribution in [3.05, 3.63) is 29.3 Å². The monoisotopic (exact) mass is 405 g/mol. The molecule has 1 aromatic rings. The molecule has 0 atom stereocenters. The first kappa shape index (κ1) is 20.0. The molecule has 0 aromatic heterocycles. The molecule has 0 unspecified atom stereocenters. The van der Waals surface area contributed by atoms with Crippen molar-refractivity contribution in [3.8, 4) is 5.75 Å². The normalized spacial score (nSPS) is 11.1. The summed E-state index contributed by atoms with van der Waals surface area (Å²) in [5.41, 5.74) is 2.31. The molecule has 5 heteroatoms. The number of hydrogen-bond donors (Lipinski definition) is 1. The largest absolute Gasteiger partial charge is 0.491 e. The van der Waals surface area contributed by atoms with Crippen molar-refractivity contribution in [1.29, 1.82) is 0 Å². The minimum absolute atomic E-state index is 0. The van der Waals surface area contributed by atoms with Crippen LogP contribution in [-0.4, -0.2) is 37.6 Å². The molecule has 1 rings (SSSR count). The Balaban J connectivity index is 0.00000400. The molecule has 0 amide bonds. The fraction of sp³-hybridized carbons (Fsp3) is 0.562. The Morgan fingerprint density at radius 2 is 2.00 bits per heavy atom. The van der Waals surface area contributed by atoms with Crippen LogP contribution in [0.2, 0.25) is 0 Å². The molecule has 0 bridgehead atoms. The predicted octanol–water partition coefficient (Wildman–Crippen LogP) is 3.43. The first-order valence-electron chi connectivity index (χ1n) is 7.15. The van der Waals surface area contributed by atoms with E-state index >= 15 is 0 Å². The van der Waals surface area contributed by atoms with Gasteiger partial charge < -0.3 is 15.0 Å². The van der Waals surface area contributed by atoms with Crippen molar-refractivity contribution in [2.45, 2.75) is 40.3 Å². The number of ether oxygens (including phenoxy) is 1. The first-order chi connectivity index (χ1) is 9.43. The zero-order chi connectivity index (χ0) is 15.1. The molecule has 1 aromatic carbocycles. The van der Waals surface area contributed by atoms with Crippen LogP contribution in [0.25, 0.3) is 0 Å². The van der Waals surface area contributed by atoms with Crippen LogP contribution in [0, 0.1) is 6.92 Å². The number of aryl methyl sites for hydroxylation is 1. The SMILES string of the molecule is CCNC(=NCc1ccc(C)cc1OC(C)C)N(C)C.I. The molecule has 120 valence electrons. The van der Waals surface area contributed by atoms with Crippen LogP contribution in [0.5, 0.6) is 5.75 Å². The van der Waals surface area contributed by atoms with E-state index in [1.165, 1.54) is 5.56 Å². The van der Waals surface area contributed by atoms with Gasteiger partial charge in [-0.1, -0.05) is 12.1 Å². The zero-order valence-electron chi connectivity index (χ0n) is 13.9. The van der Waals surface area contributed by atoms with E-state index in [0.717, 1.165) is 23.8 Å². The van der Waals surface area contributed by atoms with E-state index in [1.54, 1.807) is 0 Å². The van der Waals surface area contributed by atoms with Gasteiger partial charge in [0.2, 0.25) is 0 Å². The summed E-state index contributed by atoms with van der Waals surface area (Å²) in [7, 11) is 3.98. The van der Waals surface area contributed by atoms with Crippen LogP contribution in [0.3, 0.4) is 0 Å².